The number of nitrogens with two attached hydrogens (primary N) is 1. The fraction of sp³-hybridized carbons (Fsp3) is 0.0833. The Morgan fingerprint density at radius 1 is 1.48 bits per heavy atom. The molecule has 0 aliphatic carbocycles. The molecule has 0 aliphatic heterocycles. The van der Waals surface area contributed by atoms with Crippen LogP contribution in [-0.2, 0) is 0 Å². The molecular weight excluding hydrogens is 294 g/mol. The lowest BCUT2D eigenvalue weighted by Gasteiger charge is -2.08. The molecule has 1 aromatic heterocycles. The zero-order valence-electron chi connectivity index (χ0n) is 10.8. The van der Waals surface area contributed by atoms with Crippen molar-refractivity contribution in [2.24, 2.45) is 0 Å². The van der Waals surface area contributed by atoms with E-state index < -0.39 is 4.92 Å². The molecule has 2 aromatic rings. The summed E-state index contributed by atoms with van der Waals surface area (Å²) in [6.45, 7) is 0. The van der Waals surface area contributed by atoms with Crippen molar-refractivity contribution >= 4 is 23.1 Å². The molecule has 0 fully saturated rings. The fourth-order valence-corrected chi connectivity index (χ4v) is 2.42. The van der Waals surface area contributed by atoms with Crippen LogP contribution in [0.5, 0.6) is 5.88 Å². The molecule has 2 rings (SSSR count). The highest BCUT2D eigenvalue weighted by atomic mass is 32.2. The van der Waals surface area contributed by atoms with Crippen LogP contribution in [0.25, 0.3) is 0 Å². The number of nitrogens with zero attached hydrogens (tertiary/aromatic N) is 4. The predicted octanol–water partition coefficient (Wildman–Crippen LogP) is 2.00. The van der Waals surface area contributed by atoms with E-state index in [2.05, 4.69) is 9.97 Å². The summed E-state index contributed by atoms with van der Waals surface area (Å²) in [6.07, 6.45) is 1.26. The van der Waals surface area contributed by atoms with Crippen LogP contribution in [0.15, 0.2) is 34.4 Å². The van der Waals surface area contributed by atoms with E-state index in [9.17, 15) is 10.1 Å². The number of aromatic nitrogens is 2. The minimum atomic E-state index is -0.533. The Morgan fingerprint density at radius 2 is 2.24 bits per heavy atom. The summed E-state index contributed by atoms with van der Waals surface area (Å²) < 4.78 is 4.98. The standard InChI is InChI=1S/C12H9N5O3S/c1-20-11-10(14)12(16-6-15-11)21-9-4-8(17(18)19)3-2-7(9)5-13/h2-4,6H,14H2,1H3. The number of ether oxygens (including phenoxy) is 1. The topological polar surface area (TPSA) is 128 Å². The molecule has 0 amide bonds. The van der Waals surface area contributed by atoms with E-state index >= 15 is 0 Å². The van der Waals surface area contributed by atoms with Gasteiger partial charge in [-0.1, -0.05) is 11.8 Å². The second-order valence-electron chi connectivity index (χ2n) is 3.75. The quantitative estimate of drug-likeness (QED) is 0.516. The van der Waals surface area contributed by atoms with Crippen LogP contribution in [0.2, 0.25) is 0 Å². The van der Waals surface area contributed by atoms with E-state index in [4.69, 9.17) is 15.7 Å². The third-order valence-electron chi connectivity index (χ3n) is 2.51. The third kappa shape index (κ3) is 3.01. The summed E-state index contributed by atoms with van der Waals surface area (Å²) in [6, 6.07) is 5.93. The molecule has 0 bridgehead atoms. The molecule has 0 atom stereocenters. The van der Waals surface area contributed by atoms with Crippen LogP contribution in [-0.4, -0.2) is 22.0 Å². The van der Waals surface area contributed by atoms with Gasteiger partial charge in [0.15, 0.2) is 0 Å². The number of anilines is 1. The first-order valence-corrected chi connectivity index (χ1v) is 6.39. The molecular formula is C12H9N5O3S. The molecule has 106 valence electrons. The first kappa shape index (κ1) is 14.5. The van der Waals surface area contributed by atoms with Crippen LogP contribution < -0.4 is 10.5 Å². The molecule has 1 aromatic carbocycles. The average Bonchev–Trinajstić information content (AvgIpc) is 2.49. The van der Waals surface area contributed by atoms with Gasteiger partial charge >= 0.3 is 0 Å². The zero-order valence-corrected chi connectivity index (χ0v) is 11.6. The monoisotopic (exact) mass is 303 g/mol. The first-order chi connectivity index (χ1) is 10.1. The van der Waals surface area contributed by atoms with Gasteiger partial charge < -0.3 is 10.5 Å². The van der Waals surface area contributed by atoms with Gasteiger partial charge in [-0.15, -0.1) is 0 Å². The number of hydrogen-bond donors (Lipinski definition) is 1. The number of hydrogen-bond acceptors (Lipinski definition) is 8. The molecule has 0 unspecified atom stereocenters. The van der Waals surface area contributed by atoms with Gasteiger partial charge in [0.25, 0.3) is 5.69 Å². The van der Waals surface area contributed by atoms with Crippen molar-refractivity contribution in [3.8, 4) is 11.9 Å². The average molecular weight is 303 g/mol. The normalized spacial score (nSPS) is 9.90. The SMILES string of the molecule is COc1ncnc(Sc2cc([N+](=O)[O-])ccc2C#N)c1N. The first-order valence-electron chi connectivity index (χ1n) is 5.57. The molecule has 0 radical (unpaired) electrons. The van der Waals surface area contributed by atoms with Gasteiger partial charge in [0.2, 0.25) is 5.88 Å². The second kappa shape index (κ2) is 6.06. The van der Waals surface area contributed by atoms with Crippen LogP contribution >= 0.6 is 11.8 Å². The third-order valence-corrected chi connectivity index (χ3v) is 3.58. The highest BCUT2D eigenvalue weighted by molar-refractivity contribution is 7.99. The fourth-order valence-electron chi connectivity index (χ4n) is 1.51. The van der Waals surface area contributed by atoms with Crippen molar-refractivity contribution in [3.05, 3.63) is 40.2 Å². The molecule has 0 aliphatic rings. The molecule has 8 nitrogen and oxygen atoms in total. The summed E-state index contributed by atoms with van der Waals surface area (Å²) in [5.41, 5.74) is 6.23. The Morgan fingerprint density at radius 3 is 2.86 bits per heavy atom. The lowest BCUT2D eigenvalue weighted by Crippen LogP contribution is -1.99. The molecule has 2 N–H and O–H groups in total. The maximum absolute atomic E-state index is 10.8. The summed E-state index contributed by atoms with van der Waals surface area (Å²) in [5, 5.41) is 20.2. The van der Waals surface area contributed by atoms with Gasteiger partial charge in [-0.3, -0.25) is 10.1 Å². The van der Waals surface area contributed by atoms with E-state index in [0.717, 1.165) is 11.8 Å². The highest BCUT2D eigenvalue weighted by Crippen LogP contribution is 2.36. The van der Waals surface area contributed by atoms with Crippen molar-refractivity contribution < 1.29 is 9.66 Å². The van der Waals surface area contributed by atoms with Gasteiger partial charge in [-0.2, -0.15) is 10.2 Å². The summed E-state index contributed by atoms with van der Waals surface area (Å²) in [5.74, 6) is 0.205. The number of non-ortho nitro benzene ring substituents is 1. The molecule has 0 spiro atoms. The largest absolute Gasteiger partial charge is 0.479 e. The Balaban J connectivity index is 2.46. The number of nitro benzene ring substituents is 1. The maximum Gasteiger partial charge on any atom is 0.270 e. The number of nitrogen functional groups attached to an aromatic ring is 1. The smallest absolute Gasteiger partial charge is 0.270 e. The van der Waals surface area contributed by atoms with Gasteiger partial charge in [-0.25, -0.2) is 4.98 Å². The Hall–Kier alpha value is -2.86. The minimum Gasteiger partial charge on any atom is -0.479 e. The number of benzene rings is 1. The maximum atomic E-state index is 10.8. The van der Waals surface area contributed by atoms with Crippen molar-refractivity contribution in [1.82, 2.24) is 9.97 Å². The van der Waals surface area contributed by atoms with E-state index in [0.29, 0.717) is 15.5 Å². The number of nitriles is 1. The summed E-state index contributed by atoms with van der Waals surface area (Å²) in [4.78, 5) is 18.5. The van der Waals surface area contributed by atoms with Crippen LogP contribution in [0.4, 0.5) is 11.4 Å². The van der Waals surface area contributed by atoms with E-state index in [1.165, 1.54) is 31.6 Å². The van der Waals surface area contributed by atoms with Crippen LogP contribution in [0.3, 0.4) is 0 Å². The van der Waals surface area contributed by atoms with Crippen LogP contribution in [0, 0.1) is 21.4 Å². The van der Waals surface area contributed by atoms with E-state index in [1.807, 2.05) is 6.07 Å². The van der Waals surface area contributed by atoms with Crippen molar-refractivity contribution in [1.29, 1.82) is 5.26 Å². The van der Waals surface area contributed by atoms with Crippen molar-refractivity contribution in [2.75, 3.05) is 12.8 Å². The predicted molar refractivity (Wildman–Crippen MR) is 74.9 cm³/mol. The molecule has 21 heavy (non-hydrogen) atoms. The number of rotatable bonds is 4. The lowest BCUT2D eigenvalue weighted by molar-refractivity contribution is -0.385. The van der Waals surface area contributed by atoms with Gasteiger partial charge in [0, 0.05) is 17.0 Å². The Kier molecular flexibility index (Phi) is 4.20. The van der Waals surface area contributed by atoms with E-state index in [1.54, 1.807) is 0 Å². The zero-order chi connectivity index (χ0) is 15.4. The van der Waals surface area contributed by atoms with Gasteiger partial charge in [0.1, 0.15) is 23.1 Å². The van der Waals surface area contributed by atoms with Crippen LogP contribution in [0.1, 0.15) is 5.56 Å². The summed E-state index contributed by atoms with van der Waals surface area (Å²) in [7, 11) is 1.42. The van der Waals surface area contributed by atoms with Crippen molar-refractivity contribution in [3.63, 3.8) is 0 Å². The lowest BCUT2D eigenvalue weighted by atomic mass is 10.2. The van der Waals surface area contributed by atoms with Crippen molar-refractivity contribution in [2.45, 2.75) is 9.92 Å². The van der Waals surface area contributed by atoms with Gasteiger partial charge in [0.05, 0.1) is 17.6 Å². The molecule has 0 saturated heterocycles. The molecule has 1 heterocycles. The Labute approximate surface area is 123 Å². The number of nitro groups is 1. The highest BCUT2D eigenvalue weighted by Gasteiger charge is 2.15. The minimum absolute atomic E-state index is 0.115. The van der Waals surface area contributed by atoms with Gasteiger partial charge in [-0.05, 0) is 6.07 Å². The van der Waals surface area contributed by atoms with E-state index in [-0.39, 0.29) is 17.3 Å². The second-order valence-corrected chi connectivity index (χ2v) is 4.78. The molecule has 0 saturated carbocycles. The molecule has 9 heteroatoms. The number of methoxy groups -OCH3 is 1. The summed E-state index contributed by atoms with van der Waals surface area (Å²) >= 11 is 1.04. The Bertz CT molecular complexity index is 744.